The number of amides is 2. The van der Waals surface area contributed by atoms with Crippen molar-refractivity contribution in [1.29, 1.82) is 0 Å². The van der Waals surface area contributed by atoms with Crippen molar-refractivity contribution in [3.63, 3.8) is 0 Å². The molecule has 0 saturated carbocycles. The Morgan fingerprint density at radius 3 is 2.53 bits per heavy atom. The molecule has 0 heterocycles. The van der Waals surface area contributed by atoms with Gasteiger partial charge in [-0.3, -0.25) is 9.59 Å². The lowest BCUT2D eigenvalue weighted by Crippen LogP contribution is -2.49. The fourth-order valence-electron chi connectivity index (χ4n) is 2.90. The molecule has 0 bridgehead atoms. The molecular formula is C23H29ClN2O3S. The summed E-state index contributed by atoms with van der Waals surface area (Å²) in [5.74, 6) is 1.34. The zero-order valence-corrected chi connectivity index (χ0v) is 19.4. The van der Waals surface area contributed by atoms with Crippen LogP contribution in [0.1, 0.15) is 31.9 Å². The zero-order chi connectivity index (χ0) is 22.1. The van der Waals surface area contributed by atoms with E-state index in [-0.39, 0.29) is 23.6 Å². The molecular weight excluding hydrogens is 420 g/mol. The Hall–Kier alpha value is -2.18. The zero-order valence-electron chi connectivity index (χ0n) is 17.9. The summed E-state index contributed by atoms with van der Waals surface area (Å²) >= 11 is 7.69. The fourth-order valence-corrected chi connectivity index (χ4v) is 4.10. The number of benzene rings is 2. The molecule has 2 aromatic rings. The molecule has 0 aliphatic heterocycles. The first-order valence-electron chi connectivity index (χ1n) is 9.85. The molecule has 0 saturated heterocycles. The maximum Gasteiger partial charge on any atom is 0.242 e. The molecule has 2 amide bonds. The Kier molecular flexibility index (Phi) is 9.53. The predicted molar refractivity (Wildman–Crippen MR) is 124 cm³/mol. The minimum absolute atomic E-state index is 0.00307. The van der Waals surface area contributed by atoms with E-state index in [2.05, 4.69) is 5.32 Å². The minimum Gasteiger partial charge on any atom is -0.497 e. The number of hydrogen-bond acceptors (Lipinski definition) is 4. The van der Waals surface area contributed by atoms with Crippen LogP contribution in [0, 0.1) is 0 Å². The number of rotatable bonds is 10. The van der Waals surface area contributed by atoms with Gasteiger partial charge in [0, 0.05) is 23.4 Å². The van der Waals surface area contributed by atoms with Crippen LogP contribution in [0.2, 0.25) is 5.02 Å². The highest BCUT2D eigenvalue weighted by Gasteiger charge is 2.26. The summed E-state index contributed by atoms with van der Waals surface area (Å²) in [4.78, 5) is 27.3. The molecule has 2 rings (SSSR count). The number of methoxy groups -OCH3 is 1. The fraction of sp³-hybridized carbons (Fsp3) is 0.391. The number of thioether (sulfide) groups is 1. The van der Waals surface area contributed by atoms with Crippen LogP contribution in [0.5, 0.6) is 5.75 Å². The molecule has 0 fully saturated rings. The van der Waals surface area contributed by atoms with Crippen molar-refractivity contribution in [2.45, 2.75) is 45.2 Å². The van der Waals surface area contributed by atoms with Gasteiger partial charge in [0.15, 0.2) is 0 Å². The van der Waals surface area contributed by atoms with Crippen molar-refractivity contribution in [1.82, 2.24) is 10.2 Å². The summed E-state index contributed by atoms with van der Waals surface area (Å²) in [5.41, 5.74) is 1.89. The second-order valence-electron chi connectivity index (χ2n) is 7.30. The highest BCUT2D eigenvalue weighted by Crippen LogP contribution is 2.22. The van der Waals surface area contributed by atoms with Gasteiger partial charge in [0.05, 0.1) is 12.9 Å². The third kappa shape index (κ3) is 7.26. The number of nitrogens with zero attached hydrogens (tertiary/aromatic N) is 1. The maximum atomic E-state index is 13.1. The monoisotopic (exact) mass is 448 g/mol. The number of hydrogen-bond donors (Lipinski definition) is 1. The van der Waals surface area contributed by atoms with E-state index in [1.54, 1.807) is 18.9 Å². The topological polar surface area (TPSA) is 58.6 Å². The van der Waals surface area contributed by atoms with E-state index >= 15 is 0 Å². The van der Waals surface area contributed by atoms with E-state index < -0.39 is 6.04 Å². The van der Waals surface area contributed by atoms with Gasteiger partial charge >= 0.3 is 0 Å². The van der Waals surface area contributed by atoms with E-state index in [9.17, 15) is 9.59 Å². The summed E-state index contributed by atoms with van der Waals surface area (Å²) in [7, 11) is 1.60. The van der Waals surface area contributed by atoms with Crippen molar-refractivity contribution in [2.75, 3.05) is 12.9 Å². The third-order valence-corrected chi connectivity index (χ3v) is 5.86. The molecule has 0 aromatic heterocycles. The van der Waals surface area contributed by atoms with Crippen LogP contribution in [0.25, 0.3) is 0 Å². The van der Waals surface area contributed by atoms with Crippen molar-refractivity contribution in [2.24, 2.45) is 0 Å². The van der Waals surface area contributed by atoms with Crippen molar-refractivity contribution >= 4 is 35.2 Å². The van der Waals surface area contributed by atoms with Crippen LogP contribution in [-0.2, 0) is 21.9 Å². The molecule has 7 heteroatoms. The molecule has 5 nitrogen and oxygen atoms in total. The maximum absolute atomic E-state index is 13.1. The minimum atomic E-state index is -0.591. The largest absolute Gasteiger partial charge is 0.497 e. The highest BCUT2D eigenvalue weighted by atomic mass is 35.5. The molecule has 1 N–H and O–H groups in total. The average Bonchev–Trinajstić information content (AvgIpc) is 2.72. The van der Waals surface area contributed by atoms with Crippen LogP contribution in [0.3, 0.4) is 0 Å². The van der Waals surface area contributed by atoms with Gasteiger partial charge in [-0.25, -0.2) is 0 Å². The Morgan fingerprint density at radius 1 is 1.13 bits per heavy atom. The number of ether oxygens (including phenoxy) is 1. The summed E-state index contributed by atoms with van der Waals surface area (Å²) in [5, 5.41) is 3.58. The van der Waals surface area contributed by atoms with Gasteiger partial charge in [0.2, 0.25) is 11.8 Å². The van der Waals surface area contributed by atoms with Gasteiger partial charge in [-0.05, 0) is 50.1 Å². The van der Waals surface area contributed by atoms with Crippen LogP contribution in [0.15, 0.2) is 48.5 Å². The Labute approximate surface area is 188 Å². The van der Waals surface area contributed by atoms with Crippen molar-refractivity contribution in [3.8, 4) is 5.75 Å². The summed E-state index contributed by atoms with van der Waals surface area (Å²) < 4.78 is 5.28. The molecule has 2 aromatic carbocycles. The Morgan fingerprint density at radius 2 is 1.87 bits per heavy atom. The van der Waals surface area contributed by atoms with Crippen molar-refractivity contribution in [3.05, 3.63) is 64.7 Å². The lowest BCUT2D eigenvalue weighted by Gasteiger charge is -2.29. The van der Waals surface area contributed by atoms with E-state index in [4.69, 9.17) is 16.3 Å². The van der Waals surface area contributed by atoms with Gasteiger partial charge in [-0.1, -0.05) is 41.9 Å². The van der Waals surface area contributed by atoms with Crippen LogP contribution >= 0.6 is 23.4 Å². The number of nitrogens with one attached hydrogen (secondary N) is 1. The van der Waals surface area contributed by atoms with E-state index in [1.165, 1.54) is 11.8 Å². The van der Waals surface area contributed by atoms with Gasteiger partial charge in [-0.2, -0.15) is 0 Å². The van der Waals surface area contributed by atoms with Gasteiger partial charge in [-0.15, -0.1) is 11.8 Å². The third-order valence-electron chi connectivity index (χ3n) is 4.53. The standard InChI is InChI=1S/C23H29ClN2O3S/c1-16(2)25-23(28)17(3)26(13-18-8-7-10-20(12-18)29-4)22(27)15-30-14-19-9-5-6-11-21(19)24/h5-12,16-17H,13-15H2,1-4H3,(H,25,28)/t17-/m0/s1. The first kappa shape index (κ1) is 24.1. The van der Waals surface area contributed by atoms with E-state index in [0.29, 0.717) is 23.1 Å². The van der Waals surface area contributed by atoms with E-state index in [1.807, 2.05) is 62.4 Å². The lowest BCUT2D eigenvalue weighted by atomic mass is 10.1. The lowest BCUT2D eigenvalue weighted by molar-refractivity contribution is -0.138. The Balaban J connectivity index is 2.11. The van der Waals surface area contributed by atoms with E-state index in [0.717, 1.165) is 11.1 Å². The molecule has 0 aliphatic rings. The first-order chi connectivity index (χ1) is 14.3. The predicted octanol–water partition coefficient (Wildman–Crippen LogP) is 4.52. The quantitative estimate of drug-likeness (QED) is 0.580. The Bertz CT molecular complexity index is 860. The SMILES string of the molecule is COc1cccc(CN(C(=O)CSCc2ccccc2Cl)[C@@H](C)C(=O)NC(C)C)c1. The number of carbonyl (C=O) groups is 2. The van der Waals surface area contributed by atoms with Crippen LogP contribution in [0.4, 0.5) is 0 Å². The summed E-state index contributed by atoms with van der Waals surface area (Å²) in [6.45, 7) is 5.89. The smallest absolute Gasteiger partial charge is 0.242 e. The second kappa shape index (κ2) is 11.9. The molecule has 0 aliphatic carbocycles. The first-order valence-corrected chi connectivity index (χ1v) is 11.4. The van der Waals surface area contributed by atoms with Crippen LogP contribution < -0.4 is 10.1 Å². The van der Waals surface area contributed by atoms with Gasteiger partial charge in [0.1, 0.15) is 11.8 Å². The number of carbonyl (C=O) groups excluding carboxylic acids is 2. The average molecular weight is 449 g/mol. The molecule has 0 radical (unpaired) electrons. The van der Waals surface area contributed by atoms with Crippen molar-refractivity contribution < 1.29 is 14.3 Å². The molecule has 30 heavy (non-hydrogen) atoms. The molecule has 0 unspecified atom stereocenters. The van der Waals surface area contributed by atoms with Crippen LogP contribution in [-0.4, -0.2) is 41.7 Å². The summed E-state index contributed by atoms with van der Waals surface area (Å²) in [6.07, 6.45) is 0. The number of halogens is 1. The molecule has 1 atom stereocenters. The van der Waals surface area contributed by atoms with Gasteiger partial charge in [0.25, 0.3) is 0 Å². The molecule has 0 spiro atoms. The second-order valence-corrected chi connectivity index (χ2v) is 8.69. The van der Waals surface area contributed by atoms with Gasteiger partial charge < -0.3 is 15.0 Å². The summed E-state index contributed by atoms with van der Waals surface area (Å²) in [6, 6.07) is 14.5. The normalized spacial score (nSPS) is 11.8. The molecule has 162 valence electrons. The highest BCUT2D eigenvalue weighted by molar-refractivity contribution is 7.99.